The van der Waals surface area contributed by atoms with E-state index in [-0.39, 0.29) is 11.7 Å². The zero-order valence-corrected chi connectivity index (χ0v) is 18.2. The first kappa shape index (κ1) is 22.2. The quantitative estimate of drug-likeness (QED) is 0.580. The van der Waals surface area contributed by atoms with Crippen LogP contribution in [0.2, 0.25) is 0 Å². The van der Waals surface area contributed by atoms with E-state index in [1.807, 2.05) is 29.2 Å². The number of amides is 1. The second kappa shape index (κ2) is 11.7. The molecule has 1 aliphatic heterocycles. The average Bonchev–Trinajstić information content (AvgIpc) is 3.04. The Labute approximate surface area is 180 Å². The molecule has 0 aromatic heterocycles. The predicted molar refractivity (Wildman–Crippen MR) is 122 cm³/mol. The molecule has 4 heteroatoms. The van der Waals surface area contributed by atoms with Gasteiger partial charge in [0.05, 0.1) is 0 Å². The molecule has 0 radical (unpaired) electrons. The van der Waals surface area contributed by atoms with Gasteiger partial charge < -0.3 is 9.80 Å². The molecule has 30 heavy (non-hydrogen) atoms. The lowest BCUT2D eigenvalue weighted by atomic mass is 10.0. The van der Waals surface area contributed by atoms with Crippen molar-refractivity contribution in [3.05, 3.63) is 71.3 Å². The highest BCUT2D eigenvalue weighted by Crippen LogP contribution is 2.12. The summed E-state index contributed by atoms with van der Waals surface area (Å²) in [6, 6.07) is 18.4. The molecule has 0 saturated carbocycles. The van der Waals surface area contributed by atoms with Crippen LogP contribution in [0.4, 0.5) is 0 Å². The van der Waals surface area contributed by atoms with E-state index in [9.17, 15) is 9.59 Å². The van der Waals surface area contributed by atoms with Crippen molar-refractivity contribution in [1.29, 1.82) is 0 Å². The van der Waals surface area contributed by atoms with Crippen molar-refractivity contribution in [1.82, 2.24) is 9.80 Å². The smallest absolute Gasteiger partial charge is 0.223 e. The lowest BCUT2D eigenvalue weighted by Gasteiger charge is -2.22. The van der Waals surface area contributed by atoms with Gasteiger partial charge in [-0.25, -0.2) is 0 Å². The van der Waals surface area contributed by atoms with E-state index in [1.54, 1.807) is 0 Å². The Balaban J connectivity index is 1.38. The number of carbonyl (C=O) groups excluding carboxylic acids is 2. The number of ketones is 1. The topological polar surface area (TPSA) is 40.6 Å². The highest BCUT2D eigenvalue weighted by Gasteiger charge is 2.19. The maximum Gasteiger partial charge on any atom is 0.223 e. The summed E-state index contributed by atoms with van der Waals surface area (Å²) in [5.74, 6) is 0.169. The molecule has 0 spiro atoms. The molecule has 1 heterocycles. The molecule has 3 rings (SSSR count). The summed E-state index contributed by atoms with van der Waals surface area (Å²) in [5.41, 5.74) is 3.32. The molecule has 1 saturated heterocycles. The van der Waals surface area contributed by atoms with Crippen molar-refractivity contribution in [3.8, 4) is 0 Å². The van der Waals surface area contributed by atoms with E-state index < -0.39 is 0 Å². The van der Waals surface area contributed by atoms with Gasteiger partial charge >= 0.3 is 0 Å². The van der Waals surface area contributed by atoms with E-state index in [0.717, 1.165) is 58.4 Å². The predicted octanol–water partition coefficient (Wildman–Crippen LogP) is 4.38. The van der Waals surface area contributed by atoms with E-state index in [1.165, 1.54) is 11.1 Å². The maximum atomic E-state index is 12.6. The molecule has 1 aliphatic rings. The monoisotopic (exact) mass is 406 g/mol. The normalized spacial score (nSPS) is 15.0. The van der Waals surface area contributed by atoms with Crippen LogP contribution < -0.4 is 0 Å². The minimum Gasteiger partial charge on any atom is -0.341 e. The van der Waals surface area contributed by atoms with Crippen molar-refractivity contribution in [3.63, 3.8) is 0 Å². The third-order valence-electron chi connectivity index (χ3n) is 5.97. The first-order valence-electron chi connectivity index (χ1n) is 11.3. The molecule has 2 aromatic carbocycles. The number of hydrogen-bond acceptors (Lipinski definition) is 3. The van der Waals surface area contributed by atoms with Crippen LogP contribution in [-0.2, 0) is 17.6 Å². The Kier molecular flexibility index (Phi) is 8.64. The first-order valence-corrected chi connectivity index (χ1v) is 11.3. The van der Waals surface area contributed by atoms with Crippen LogP contribution in [0.15, 0.2) is 54.6 Å². The largest absolute Gasteiger partial charge is 0.341 e. The molecule has 0 atom stereocenters. The fourth-order valence-corrected chi connectivity index (χ4v) is 4.04. The fraction of sp³-hybridized carbons (Fsp3) is 0.462. The lowest BCUT2D eigenvalue weighted by molar-refractivity contribution is -0.131. The van der Waals surface area contributed by atoms with Gasteiger partial charge in [-0.05, 0) is 49.9 Å². The standard InChI is InChI=1S/C26H34N2O2/c1-2-22-11-13-24(14-12-22)25(29)15-16-26(30)28-19-7-18-27(20-21-28)17-6-10-23-8-4-3-5-9-23/h3-5,8-9,11-14H,2,6-7,10,15-21H2,1H3. The third kappa shape index (κ3) is 6.81. The first-order chi connectivity index (χ1) is 14.7. The minimum atomic E-state index is 0.0587. The van der Waals surface area contributed by atoms with Crippen LogP contribution in [0, 0.1) is 0 Å². The fourth-order valence-electron chi connectivity index (χ4n) is 4.04. The molecular formula is C26H34N2O2. The van der Waals surface area contributed by atoms with Crippen molar-refractivity contribution in [2.75, 3.05) is 32.7 Å². The summed E-state index contributed by atoms with van der Waals surface area (Å²) in [6.07, 6.45) is 4.81. The highest BCUT2D eigenvalue weighted by molar-refractivity contribution is 5.98. The van der Waals surface area contributed by atoms with E-state index in [4.69, 9.17) is 0 Å². The minimum absolute atomic E-state index is 0.0587. The summed E-state index contributed by atoms with van der Waals surface area (Å²) >= 11 is 0. The molecule has 0 unspecified atom stereocenters. The van der Waals surface area contributed by atoms with E-state index in [0.29, 0.717) is 18.4 Å². The Hall–Kier alpha value is -2.46. The number of benzene rings is 2. The molecule has 0 N–H and O–H groups in total. The molecular weight excluding hydrogens is 372 g/mol. The third-order valence-corrected chi connectivity index (χ3v) is 5.97. The van der Waals surface area contributed by atoms with E-state index in [2.05, 4.69) is 42.2 Å². The summed E-state index contributed by atoms with van der Waals surface area (Å²) in [7, 11) is 0. The molecule has 160 valence electrons. The zero-order valence-electron chi connectivity index (χ0n) is 18.2. The van der Waals surface area contributed by atoms with Crippen molar-refractivity contribution in [2.24, 2.45) is 0 Å². The maximum absolute atomic E-state index is 12.6. The summed E-state index contributed by atoms with van der Waals surface area (Å²) in [4.78, 5) is 29.5. The zero-order chi connectivity index (χ0) is 21.2. The van der Waals surface area contributed by atoms with Gasteiger partial charge in [0.25, 0.3) is 0 Å². The molecule has 2 aromatic rings. The van der Waals surface area contributed by atoms with Crippen LogP contribution in [0.1, 0.15) is 54.1 Å². The van der Waals surface area contributed by atoms with Gasteiger partial charge in [0.1, 0.15) is 0 Å². The van der Waals surface area contributed by atoms with Crippen molar-refractivity contribution < 1.29 is 9.59 Å². The molecule has 1 fully saturated rings. The van der Waals surface area contributed by atoms with Gasteiger partial charge in [-0.1, -0.05) is 61.5 Å². The number of aryl methyl sites for hydroxylation is 2. The molecule has 0 aliphatic carbocycles. The number of Topliss-reactive ketones (excluding diaryl/α,β-unsaturated/α-hetero) is 1. The second-order valence-electron chi connectivity index (χ2n) is 8.14. The molecule has 0 bridgehead atoms. The average molecular weight is 407 g/mol. The van der Waals surface area contributed by atoms with Crippen LogP contribution >= 0.6 is 0 Å². The van der Waals surface area contributed by atoms with Gasteiger partial charge in [-0.3, -0.25) is 9.59 Å². The van der Waals surface area contributed by atoms with Crippen LogP contribution in [0.3, 0.4) is 0 Å². The number of hydrogen-bond donors (Lipinski definition) is 0. The number of rotatable bonds is 9. The van der Waals surface area contributed by atoms with Crippen LogP contribution in [-0.4, -0.2) is 54.2 Å². The Morgan fingerprint density at radius 1 is 0.833 bits per heavy atom. The Morgan fingerprint density at radius 2 is 1.60 bits per heavy atom. The van der Waals surface area contributed by atoms with Gasteiger partial charge in [0.2, 0.25) is 5.91 Å². The van der Waals surface area contributed by atoms with Crippen LogP contribution in [0.5, 0.6) is 0 Å². The highest BCUT2D eigenvalue weighted by atomic mass is 16.2. The van der Waals surface area contributed by atoms with Gasteiger partial charge in [0, 0.05) is 38.0 Å². The van der Waals surface area contributed by atoms with Gasteiger partial charge in [0.15, 0.2) is 5.78 Å². The molecule has 1 amide bonds. The van der Waals surface area contributed by atoms with E-state index >= 15 is 0 Å². The van der Waals surface area contributed by atoms with Crippen LogP contribution in [0.25, 0.3) is 0 Å². The molecule has 4 nitrogen and oxygen atoms in total. The Morgan fingerprint density at radius 3 is 2.33 bits per heavy atom. The summed E-state index contributed by atoms with van der Waals surface area (Å²) in [5, 5.41) is 0. The number of carbonyl (C=O) groups is 2. The lowest BCUT2D eigenvalue weighted by Crippen LogP contribution is -2.35. The number of nitrogens with zero attached hydrogens (tertiary/aromatic N) is 2. The second-order valence-corrected chi connectivity index (χ2v) is 8.14. The van der Waals surface area contributed by atoms with Gasteiger partial charge in [-0.2, -0.15) is 0 Å². The SMILES string of the molecule is CCc1ccc(C(=O)CCC(=O)N2CCCN(CCCc3ccccc3)CC2)cc1. The summed E-state index contributed by atoms with van der Waals surface area (Å²) in [6.45, 7) is 6.70. The Bertz CT molecular complexity index is 802. The van der Waals surface area contributed by atoms with Crippen molar-refractivity contribution >= 4 is 11.7 Å². The van der Waals surface area contributed by atoms with Crippen molar-refractivity contribution in [2.45, 2.75) is 45.4 Å². The summed E-state index contributed by atoms with van der Waals surface area (Å²) < 4.78 is 0. The van der Waals surface area contributed by atoms with Gasteiger partial charge in [-0.15, -0.1) is 0 Å².